The van der Waals surface area contributed by atoms with Crippen LogP contribution in [0, 0.1) is 0 Å². The summed E-state index contributed by atoms with van der Waals surface area (Å²) in [4.78, 5) is 0.428. The molecule has 1 aliphatic heterocycles. The Morgan fingerprint density at radius 1 is 1.30 bits per heavy atom. The van der Waals surface area contributed by atoms with Gasteiger partial charge in [-0.25, -0.2) is 4.18 Å². The zero-order valence-electron chi connectivity index (χ0n) is 10.5. The van der Waals surface area contributed by atoms with Crippen molar-refractivity contribution in [3.8, 4) is 0 Å². The topological polar surface area (TPSA) is 169 Å². The summed E-state index contributed by atoms with van der Waals surface area (Å²) in [5.74, 6) is 0. The molecule has 0 spiro atoms. The van der Waals surface area contributed by atoms with Gasteiger partial charge in [-0.3, -0.25) is 4.55 Å². The first kappa shape index (κ1) is 17.7. The van der Waals surface area contributed by atoms with Crippen molar-refractivity contribution in [1.82, 2.24) is 0 Å². The van der Waals surface area contributed by atoms with Crippen LogP contribution >= 0.6 is 0 Å². The molecule has 120 valence electrons. The van der Waals surface area contributed by atoms with Crippen LogP contribution in [0.2, 0.25) is 0 Å². The van der Waals surface area contributed by atoms with Crippen molar-refractivity contribution in [1.29, 1.82) is 0 Å². The summed E-state index contributed by atoms with van der Waals surface area (Å²) in [6, 6.07) is -0.746. The largest absolute Gasteiger partial charge is 0.397 e. The second-order valence-electron chi connectivity index (χ2n) is 4.73. The summed E-state index contributed by atoms with van der Waals surface area (Å²) in [5, 5.41) is 46.9. The molecule has 1 fully saturated rings. The van der Waals surface area contributed by atoms with E-state index in [9.17, 15) is 23.7 Å². The minimum atomic E-state index is -4.83. The number of hydrogen-bond donors (Lipinski definition) is 7. The van der Waals surface area contributed by atoms with Gasteiger partial charge in [0.25, 0.3) is 0 Å². The number of aliphatic hydroxyl groups excluding tert-OH is 5. The van der Waals surface area contributed by atoms with Gasteiger partial charge < -0.3 is 30.4 Å². The molecule has 0 saturated carbocycles. The molecule has 0 aromatic carbocycles. The Bertz CT molecular complexity index is 402. The van der Waals surface area contributed by atoms with Crippen LogP contribution in [-0.4, -0.2) is 95.3 Å². The lowest BCUT2D eigenvalue weighted by Crippen LogP contribution is -3.16. The van der Waals surface area contributed by atoms with Crippen molar-refractivity contribution in [2.45, 2.75) is 30.5 Å². The van der Waals surface area contributed by atoms with Crippen molar-refractivity contribution >= 4 is 10.4 Å². The van der Waals surface area contributed by atoms with E-state index >= 15 is 0 Å². The van der Waals surface area contributed by atoms with Gasteiger partial charge in [-0.2, -0.15) is 8.42 Å². The summed E-state index contributed by atoms with van der Waals surface area (Å²) < 4.78 is 33.7. The molecule has 0 aromatic rings. The van der Waals surface area contributed by atoms with E-state index in [4.69, 9.17) is 14.8 Å². The highest BCUT2D eigenvalue weighted by molar-refractivity contribution is 7.80. The van der Waals surface area contributed by atoms with E-state index < -0.39 is 54.1 Å². The lowest BCUT2D eigenvalue weighted by molar-refractivity contribution is -0.918. The lowest BCUT2D eigenvalue weighted by Gasteiger charge is -2.26. The molecular weight excluding hydrogens is 298 g/mol. The van der Waals surface area contributed by atoms with E-state index in [1.165, 1.54) is 0 Å². The van der Waals surface area contributed by atoms with Gasteiger partial charge in [0.1, 0.15) is 43.5 Å². The second-order valence-corrected chi connectivity index (χ2v) is 5.77. The first-order valence-corrected chi connectivity index (χ1v) is 7.32. The average molecular weight is 318 g/mol. The molecule has 1 aliphatic rings. The van der Waals surface area contributed by atoms with E-state index in [-0.39, 0.29) is 13.1 Å². The molecule has 0 aromatic heterocycles. The first-order chi connectivity index (χ1) is 9.19. The Balaban J connectivity index is 2.66. The van der Waals surface area contributed by atoms with E-state index in [1.54, 1.807) is 0 Å². The van der Waals surface area contributed by atoms with Gasteiger partial charge >= 0.3 is 10.4 Å². The Kier molecular flexibility index (Phi) is 6.25. The molecule has 0 bridgehead atoms. The predicted octanol–water partition coefficient (Wildman–Crippen LogP) is -5.49. The molecule has 1 unspecified atom stereocenters. The standard InChI is InChI=1S/C9H19NO9S/c11-3-5-9(15)7(14)2-10(5)1-6(13)8(4-12)19-20(16,17)18/h5-9,11-15H,1-4H2,(H,16,17,18)/p+1/t5-,6-,7-,8+,9-/m0/s1. The number of nitrogens with one attached hydrogen (secondary N) is 1. The minimum Gasteiger partial charge on any atom is -0.394 e. The van der Waals surface area contributed by atoms with Gasteiger partial charge in [-0.1, -0.05) is 0 Å². The molecule has 1 heterocycles. The summed E-state index contributed by atoms with van der Waals surface area (Å²) in [7, 11) is -4.83. The average Bonchev–Trinajstić information content (AvgIpc) is 2.60. The molecule has 1 rings (SSSR count). The summed E-state index contributed by atoms with van der Waals surface area (Å²) in [6.07, 6.45) is -5.31. The molecule has 7 N–H and O–H groups in total. The zero-order chi connectivity index (χ0) is 15.5. The van der Waals surface area contributed by atoms with E-state index in [0.717, 1.165) is 0 Å². The van der Waals surface area contributed by atoms with Crippen LogP contribution in [0.1, 0.15) is 0 Å². The van der Waals surface area contributed by atoms with E-state index in [2.05, 4.69) is 4.18 Å². The van der Waals surface area contributed by atoms with Gasteiger partial charge in [0.2, 0.25) is 0 Å². The summed E-state index contributed by atoms with van der Waals surface area (Å²) >= 11 is 0. The Morgan fingerprint density at radius 3 is 2.35 bits per heavy atom. The number of aliphatic hydroxyl groups is 5. The van der Waals surface area contributed by atoms with E-state index in [0.29, 0.717) is 4.90 Å². The highest BCUT2D eigenvalue weighted by Gasteiger charge is 2.45. The molecule has 0 aliphatic carbocycles. The number of hydrogen-bond acceptors (Lipinski definition) is 8. The van der Waals surface area contributed by atoms with Crippen LogP contribution in [0.15, 0.2) is 0 Å². The van der Waals surface area contributed by atoms with Crippen LogP contribution < -0.4 is 4.90 Å². The van der Waals surface area contributed by atoms with Crippen molar-refractivity contribution in [3.05, 3.63) is 0 Å². The van der Waals surface area contributed by atoms with Gasteiger partial charge in [0, 0.05) is 0 Å². The lowest BCUT2D eigenvalue weighted by atomic mass is 10.1. The third-order valence-electron chi connectivity index (χ3n) is 3.32. The fourth-order valence-electron chi connectivity index (χ4n) is 2.29. The van der Waals surface area contributed by atoms with Crippen LogP contribution in [-0.2, 0) is 14.6 Å². The molecule has 1 saturated heterocycles. The van der Waals surface area contributed by atoms with Crippen molar-refractivity contribution < 1.29 is 47.6 Å². The summed E-state index contributed by atoms with van der Waals surface area (Å²) in [6.45, 7) is -1.46. The maximum atomic E-state index is 10.6. The molecule has 10 nitrogen and oxygen atoms in total. The number of quaternary nitrogens is 1. The highest BCUT2D eigenvalue weighted by atomic mass is 32.3. The van der Waals surface area contributed by atoms with Crippen molar-refractivity contribution in [2.24, 2.45) is 0 Å². The normalized spacial score (nSPS) is 34.1. The van der Waals surface area contributed by atoms with Crippen LogP contribution in [0.4, 0.5) is 0 Å². The molecule has 0 radical (unpaired) electrons. The van der Waals surface area contributed by atoms with Crippen LogP contribution in [0.3, 0.4) is 0 Å². The molecule has 0 amide bonds. The minimum absolute atomic E-state index is 0.0352. The molecule has 20 heavy (non-hydrogen) atoms. The maximum absolute atomic E-state index is 10.6. The van der Waals surface area contributed by atoms with Gasteiger partial charge in [-0.05, 0) is 0 Å². The smallest absolute Gasteiger partial charge is 0.394 e. The Labute approximate surface area is 115 Å². The third-order valence-corrected chi connectivity index (χ3v) is 3.81. The fraction of sp³-hybridized carbons (Fsp3) is 1.00. The maximum Gasteiger partial charge on any atom is 0.397 e. The Hall–Kier alpha value is -0.370. The van der Waals surface area contributed by atoms with Gasteiger partial charge in [0.05, 0.1) is 13.2 Å². The first-order valence-electron chi connectivity index (χ1n) is 5.95. The quantitative estimate of drug-likeness (QED) is 0.226. The predicted molar refractivity (Wildman–Crippen MR) is 63.1 cm³/mol. The summed E-state index contributed by atoms with van der Waals surface area (Å²) in [5.41, 5.74) is 0. The van der Waals surface area contributed by atoms with Crippen LogP contribution in [0.25, 0.3) is 0 Å². The highest BCUT2D eigenvalue weighted by Crippen LogP contribution is 2.06. The SMILES string of the molecule is O=S(=O)(O)O[C@H](CO)[C@@H](O)C[NH+]1C[C@H](O)[C@@H](O)[C@@H]1CO. The Morgan fingerprint density at radius 2 is 1.90 bits per heavy atom. The number of likely N-dealkylation sites (tertiary alicyclic amines) is 1. The monoisotopic (exact) mass is 318 g/mol. The second kappa shape index (κ2) is 7.06. The van der Waals surface area contributed by atoms with Crippen LogP contribution in [0.5, 0.6) is 0 Å². The third kappa shape index (κ3) is 4.58. The van der Waals surface area contributed by atoms with Crippen molar-refractivity contribution in [2.75, 3.05) is 26.3 Å². The van der Waals surface area contributed by atoms with E-state index in [1.807, 2.05) is 0 Å². The zero-order valence-corrected chi connectivity index (χ0v) is 11.3. The van der Waals surface area contributed by atoms with Gasteiger partial charge in [0.15, 0.2) is 0 Å². The molecule has 6 atom stereocenters. The van der Waals surface area contributed by atoms with Gasteiger partial charge in [-0.15, -0.1) is 0 Å². The number of rotatable bonds is 7. The fourth-order valence-corrected chi connectivity index (χ4v) is 2.80. The van der Waals surface area contributed by atoms with Crippen molar-refractivity contribution in [3.63, 3.8) is 0 Å². The molecule has 11 heteroatoms. The molecular formula is C9H20NO9S+.